The zero-order valence-corrected chi connectivity index (χ0v) is 11.7. The van der Waals surface area contributed by atoms with Crippen LogP contribution in [0.4, 0.5) is 4.39 Å². The Morgan fingerprint density at radius 1 is 1.37 bits per heavy atom. The molecule has 1 N–H and O–H groups in total. The molecule has 0 fully saturated rings. The van der Waals surface area contributed by atoms with E-state index in [1.54, 1.807) is 6.07 Å². The first-order chi connectivity index (χ1) is 9.15. The van der Waals surface area contributed by atoms with Crippen LogP contribution in [0.15, 0.2) is 30.5 Å². The van der Waals surface area contributed by atoms with E-state index in [2.05, 4.69) is 17.3 Å². The molecule has 2 aromatic rings. The van der Waals surface area contributed by atoms with Crippen LogP contribution < -0.4 is 5.32 Å². The predicted octanol–water partition coefficient (Wildman–Crippen LogP) is 2.62. The predicted molar refractivity (Wildman–Crippen MR) is 74.5 cm³/mol. The van der Waals surface area contributed by atoms with Crippen molar-refractivity contribution in [3.05, 3.63) is 53.1 Å². The molecule has 0 spiro atoms. The molecule has 4 heteroatoms. The maximum Gasteiger partial charge on any atom is 0.126 e. The number of benzene rings is 1. The second kappa shape index (κ2) is 5.97. The molecule has 0 radical (unpaired) electrons. The van der Waals surface area contributed by atoms with E-state index in [-0.39, 0.29) is 11.9 Å². The summed E-state index contributed by atoms with van der Waals surface area (Å²) in [6, 6.07) is 7.01. The van der Waals surface area contributed by atoms with Gasteiger partial charge in [0.25, 0.3) is 0 Å². The van der Waals surface area contributed by atoms with Crippen molar-refractivity contribution >= 4 is 0 Å². The second-order valence-electron chi connectivity index (χ2n) is 4.70. The maximum atomic E-state index is 13.7. The molecule has 0 bridgehead atoms. The van der Waals surface area contributed by atoms with Crippen molar-refractivity contribution in [3.63, 3.8) is 0 Å². The van der Waals surface area contributed by atoms with Gasteiger partial charge in [-0.3, -0.25) is 4.68 Å². The van der Waals surface area contributed by atoms with Gasteiger partial charge in [-0.2, -0.15) is 5.10 Å². The van der Waals surface area contributed by atoms with Gasteiger partial charge in [0.1, 0.15) is 5.82 Å². The molecule has 0 aliphatic carbocycles. The monoisotopic (exact) mass is 261 g/mol. The van der Waals surface area contributed by atoms with E-state index in [4.69, 9.17) is 0 Å². The van der Waals surface area contributed by atoms with Gasteiger partial charge in [-0.25, -0.2) is 4.39 Å². The molecule has 19 heavy (non-hydrogen) atoms. The third kappa shape index (κ3) is 3.01. The van der Waals surface area contributed by atoms with Crippen molar-refractivity contribution in [2.75, 3.05) is 7.05 Å². The van der Waals surface area contributed by atoms with Crippen LogP contribution in [0.25, 0.3) is 0 Å². The molecular weight excluding hydrogens is 241 g/mol. The number of nitrogens with zero attached hydrogens (tertiary/aromatic N) is 2. The Labute approximate surface area is 113 Å². The number of hydrogen-bond donors (Lipinski definition) is 1. The summed E-state index contributed by atoms with van der Waals surface area (Å²) in [5, 5.41) is 7.71. The van der Waals surface area contributed by atoms with Crippen molar-refractivity contribution in [2.45, 2.75) is 25.8 Å². The summed E-state index contributed by atoms with van der Waals surface area (Å²) in [6.07, 6.45) is 3.52. The SMILES string of the molecule is CCc1nn(C)cc1C(Cc1ccccc1F)NC. The lowest BCUT2D eigenvalue weighted by atomic mass is 9.98. The molecule has 1 heterocycles. The standard InChI is InChI=1S/C15H20FN3/c1-4-14-12(10-19(3)18-14)15(17-2)9-11-7-5-6-8-13(11)16/h5-8,10,15,17H,4,9H2,1-3H3. The smallest absolute Gasteiger partial charge is 0.126 e. The normalized spacial score (nSPS) is 12.6. The number of nitrogens with one attached hydrogen (secondary N) is 1. The van der Waals surface area contributed by atoms with Gasteiger partial charge in [0.05, 0.1) is 5.69 Å². The minimum absolute atomic E-state index is 0.0838. The lowest BCUT2D eigenvalue weighted by Gasteiger charge is -2.16. The number of halogens is 1. The molecule has 0 saturated heterocycles. The highest BCUT2D eigenvalue weighted by Crippen LogP contribution is 2.22. The first-order valence-corrected chi connectivity index (χ1v) is 6.58. The van der Waals surface area contributed by atoms with Gasteiger partial charge in [0, 0.05) is 24.8 Å². The van der Waals surface area contributed by atoms with Crippen molar-refractivity contribution in [1.29, 1.82) is 0 Å². The summed E-state index contributed by atoms with van der Waals surface area (Å²) in [4.78, 5) is 0. The van der Waals surface area contributed by atoms with E-state index in [9.17, 15) is 4.39 Å². The molecule has 0 aliphatic rings. The molecule has 1 aromatic heterocycles. The maximum absolute atomic E-state index is 13.7. The van der Waals surface area contributed by atoms with Crippen LogP contribution in [0.5, 0.6) is 0 Å². The summed E-state index contributed by atoms with van der Waals surface area (Å²) in [7, 11) is 3.82. The van der Waals surface area contributed by atoms with Crippen molar-refractivity contribution in [2.24, 2.45) is 7.05 Å². The molecule has 2 rings (SSSR count). The van der Waals surface area contributed by atoms with E-state index in [0.29, 0.717) is 6.42 Å². The summed E-state index contributed by atoms with van der Waals surface area (Å²) < 4.78 is 15.6. The average molecular weight is 261 g/mol. The molecule has 0 saturated carbocycles. The highest BCUT2D eigenvalue weighted by atomic mass is 19.1. The Morgan fingerprint density at radius 2 is 2.11 bits per heavy atom. The minimum atomic E-state index is -0.148. The van der Waals surface area contributed by atoms with Crippen LogP contribution in [0, 0.1) is 5.82 Å². The zero-order valence-electron chi connectivity index (χ0n) is 11.7. The Hall–Kier alpha value is -1.68. The highest BCUT2D eigenvalue weighted by Gasteiger charge is 2.17. The first-order valence-electron chi connectivity index (χ1n) is 6.58. The molecule has 1 unspecified atom stereocenters. The van der Waals surface area contributed by atoms with Crippen LogP contribution in [-0.4, -0.2) is 16.8 Å². The van der Waals surface area contributed by atoms with Gasteiger partial charge in [0.15, 0.2) is 0 Å². The Bertz CT molecular complexity index is 548. The van der Waals surface area contributed by atoms with Gasteiger partial charge in [-0.05, 0) is 31.5 Å². The molecule has 3 nitrogen and oxygen atoms in total. The van der Waals surface area contributed by atoms with E-state index < -0.39 is 0 Å². The summed E-state index contributed by atoms with van der Waals surface area (Å²) in [6.45, 7) is 2.08. The summed E-state index contributed by atoms with van der Waals surface area (Å²) in [5.74, 6) is -0.148. The van der Waals surface area contributed by atoms with E-state index >= 15 is 0 Å². The summed E-state index contributed by atoms with van der Waals surface area (Å²) >= 11 is 0. The van der Waals surface area contributed by atoms with Gasteiger partial charge < -0.3 is 5.32 Å². The van der Waals surface area contributed by atoms with Gasteiger partial charge >= 0.3 is 0 Å². The van der Waals surface area contributed by atoms with Gasteiger partial charge in [-0.15, -0.1) is 0 Å². The number of aryl methyl sites for hydroxylation is 2. The number of likely N-dealkylation sites (N-methyl/N-ethyl adjacent to an activating group) is 1. The van der Waals surface area contributed by atoms with Gasteiger partial charge in [0.2, 0.25) is 0 Å². The van der Waals surface area contributed by atoms with E-state index in [1.807, 2.05) is 37.1 Å². The molecular formula is C15H20FN3. The van der Waals surface area contributed by atoms with Crippen molar-refractivity contribution in [3.8, 4) is 0 Å². The molecule has 102 valence electrons. The minimum Gasteiger partial charge on any atom is -0.313 e. The lowest BCUT2D eigenvalue weighted by molar-refractivity contribution is 0.551. The highest BCUT2D eigenvalue weighted by molar-refractivity contribution is 5.26. The van der Waals surface area contributed by atoms with E-state index in [1.165, 1.54) is 6.07 Å². The van der Waals surface area contributed by atoms with Crippen LogP contribution in [0.3, 0.4) is 0 Å². The van der Waals surface area contributed by atoms with Gasteiger partial charge in [-0.1, -0.05) is 25.1 Å². The second-order valence-corrected chi connectivity index (χ2v) is 4.70. The molecule has 0 amide bonds. The molecule has 1 aromatic carbocycles. The van der Waals surface area contributed by atoms with Crippen molar-refractivity contribution in [1.82, 2.24) is 15.1 Å². The summed E-state index contributed by atoms with van der Waals surface area (Å²) in [5.41, 5.74) is 2.95. The number of rotatable bonds is 5. The third-order valence-electron chi connectivity index (χ3n) is 3.38. The number of aromatic nitrogens is 2. The largest absolute Gasteiger partial charge is 0.313 e. The Morgan fingerprint density at radius 3 is 2.74 bits per heavy atom. The van der Waals surface area contributed by atoms with Crippen LogP contribution in [-0.2, 0) is 19.9 Å². The molecule has 1 atom stereocenters. The Kier molecular flexibility index (Phi) is 4.32. The Balaban J connectivity index is 2.27. The first kappa shape index (κ1) is 13.7. The third-order valence-corrected chi connectivity index (χ3v) is 3.38. The van der Waals surface area contributed by atoms with Crippen molar-refractivity contribution < 1.29 is 4.39 Å². The van der Waals surface area contributed by atoms with Crippen LogP contribution >= 0.6 is 0 Å². The van der Waals surface area contributed by atoms with E-state index in [0.717, 1.165) is 23.2 Å². The van der Waals surface area contributed by atoms with Crippen LogP contribution in [0.2, 0.25) is 0 Å². The quantitative estimate of drug-likeness (QED) is 0.896. The average Bonchev–Trinajstić information content (AvgIpc) is 2.79. The fourth-order valence-electron chi connectivity index (χ4n) is 2.37. The number of hydrogen-bond acceptors (Lipinski definition) is 2. The van der Waals surface area contributed by atoms with Crippen LogP contribution in [0.1, 0.15) is 29.8 Å². The fourth-order valence-corrected chi connectivity index (χ4v) is 2.37. The molecule has 0 aliphatic heterocycles. The fraction of sp³-hybridized carbons (Fsp3) is 0.400. The lowest BCUT2D eigenvalue weighted by Crippen LogP contribution is -2.20. The topological polar surface area (TPSA) is 29.9 Å². The zero-order chi connectivity index (χ0) is 13.8.